The first-order valence-corrected chi connectivity index (χ1v) is 12.3. The van der Waals surface area contributed by atoms with E-state index < -0.39 is 19.3 Å². The van der Waals surface area contributed by atoms with Crippen LogP contribution in [0.2, 0.25) is 18.1 Å². The third-order valence-corrected chi connectivity index (χ3v) is 11.6. The summed E-state index contributed by atoms with van der Waals surface area (Å²) in [5.41, 5.74) is -1.04. The van der Waals surface area contributed by atoms with Crippen LogP contribution in [0.5, 0.6) is 0 Å². The van der Waals surface area contributed by atoms with Gasteiger partial charge in [-0.05, 0) is 62.2 Å². The van der Waals surface area contributed by atoms with Gasteiger partial charge in [-0.2, -0.15) is 0 Å². The molecule has 2 aliphatic rings. The zero-order chi connectivity index (χ0) is 18.6. The molecule has 4 heteroatoms. The smallest absolute Gasteiger partial charge is 0.192 e. The molecule has 24 heavy (non-hydrogen) atoms. The van der Waals surface area contributed by atoms with Crippen molar-refractivity contribution in [2.24, 2.45) is 11.3 Å². The second kappa shape index (κ2) is 6.06. The lowest BCUT2D eigenvalue weighted by molar-refractivity contribution is -0.154. The molecule has 0 unspecified atom stereocenters. The zero-order valence-electron chi connectivity index (χ0n) is 16.8. The van der Waals surface area contributed by atoms with Gasteiger partial charge in [0, 0.05) is 11.5 Å². The van der Waals surface area contributed by atoms with Gasteiger partial charge in [-0.25, -0.2) is 0 Å². The fourth-order valence-corrected chi connectivity index (χ4v) is 5.52. The van der Waals surface area contributed by atoms with Crippen LogP contribution in [0.25, 0.3) is 0 Å². The van der Waals surface area contributed by atoms with Crippen molar-refractivity contribution in [3.05, 3.63) is 11.6 Å². The van der Waals surface area contributed by atoms with Gasteiger partial charge in [-0.15, -0.1) is 0 Å². The highest BCUT2D eigenvalue weighted by Crippen LogP contribution is 2.52. The minimum Gasteiger partial charge on any atom is -0.414 e. The van der Waals surface area contributed by atoms with E-state index in [1.165, 1.54) is 0 Å². The maximum Gasteiger partial charge on any atom is 0.192 e. The van der Waals surface area contributed by atoms with Crippen LogP contribution in [0.3, 0.4) is 0 Å². The van der Waals surface area contributed by atoms with Gasteiger partial charge in [-0.3, -0.25) is 4.79 Å². The molecule has 0 aromatic heterocycles. The average Bonchev–Trinajstić information content (AvgIpc) is 2.54. The number of hydrogen-bond donors (Lipinski definition) is 1. The van der Waals surface area contributed by atoms with Crippen molar-refractivity contribution in [1.82, 2.24) is 0 Å². The molecule has 0 saturated heterocycles. The summed E-state index contributed by atoms with van der Waals surface area (Å²) in [7, 11) is -1.90. The summed E-state index contributed by atoms with van der Waals surface area (Å²) in [6, 6.07) is 0. The van der Waals surface area contributed by atoms with Crippen molar-refractivity contribution >= 4 is 14.1 Å². The summed E-state index contributed by atoms with van der Waals surface area (Å²) in [4.78, 5) is 12.8. The van der Waals surface area contributed by atoms with E-state index in [1.807, 2.05) is 13.0 Å². The van der Waals surface area contributed by atoms with Gasteiger partial charge in [0.15, 0.2) is 14.1 Å². The standard InChI is InChI=1S/C20H36O3Si/c1-14-11-12-15-16(23-24(7,8)18(2,3)4)10-9-13-20(22,17(14)21)19(15,5)6/h11,15-16,22H,9-10,12-13H2,1-8H3/t15-,16-,20+/m0/s1. The Morgan fingerprint density at radius 3 is 2.42 bits per heavy atom. The molecule has 0 aliphatic heterocycles. The van der Waals surface area contributed by atoms with E-state index in [0.717, 1.165) is 19.3 Å². The molecular formula is C20H36O3Si. The van der Waals surface area contributed by atoms with E-state index >= 15 is 0 Å². The van der Waals surface area contributed by atoms with Gasteiger partial charge in [-0.1, -0.05) is 40.7 Å². The highest BCUT2D eigenvalue weighted by atomic mass is 28.4. The highest BCUT2D eigenvalue weighted by molar-refractivity contribution is 6.74. The van der Waals surface area contributed by atoms with Crippen molar-refractivity contribution < 1.29 is 14.3 Å². The highest BCUT2D eigenvalue weighted by Gasteiger charge is 2.58. The van der Waals surface area contributed by atoms with Crippen LogP contribution in [0.15, 0.2) is 11.6 Å². The molecule has 1 fully saturated rings. The number of carbonyl (C=O) groups excluding carboxylic acids is 1. The van der Waals surface area contributed by atoms with Crippen LogP contribution in [0.4, 0.5) is 0 Å². The Morgan fingerprint density at radius 1 is 1.29 bits per heavy atom. The summed E-state index contributed by atoms with van der Waals surface area (Å²) in [6.45, 7) is 17.3. The molecule has 2 rings (SSSR count). The molecular weight excluding hydrogens is 316 g/mol. The molecule has 0 heterocycles. The topological polar surface area (TPSA) is 46.5 Å². The molecule has 1 N–H and O–H groups in total. The quantitative estimate of drug-likeness (QED) is 0.722. The first kappa shape index (κ1) is 19.9. The Morgan fingerprint density at radius 2 is 1.88 bits per heavy atom. The van der Waals surface area contributed by atoms with E-state index in [9.17, 15) is 9.90 Å². The van der Waals surface area contributed by atoms with Crippen molar-refractivity contribution in [2.45, 2.75) is 97.1 Å². The molecule has 0 aromatic rings. The third kappa shape index (κ3) is 3.06. The second-order valence-corrected chi connectivity index (χ2v) is 14.7. The summed E-state index contributed by atoms with van der Waals surface area (Å²) in [5, 5.41) is 11.5. The molecule has 2 aliphatic carbocycles. The van der Waals surface area contributed by atoms with Gasteiger partial charge in [0.05, 0.1) is 0 Å². The average molecular weight is 353 g/mol. The number of fused-ring (bicyclic) bond motifs is 2. The molecule has 3 nitrogen and oxygen atoms in total. The minimum atomic E-state index is -1.90. The van der Waals surface area contributed by atoms with Crippen molar-refractivity contribution in [3.63, 3.8) is 0 Å². The fraction of sp³-hybridized carbons (Fsp3) is 0.850. The Kier molecular flexibility index (Phi) is 5.02. The number of aliphatic hydroxyl groups is 1. The molecule has 1 saturated carbocycles. The number of ketones is 1. The third-order valence-electron chi connectivity index (χ3n) is 7.13. The van der Waals surface area contributed by atoms with Crippen molar-refractivity contribution in [3.8, 4) is 0 Å². The molecule has 0 amide bonds. The maximum atomic E-state index is 12.8. The Hall–Kier alpha value is -0.453. The first-order chi connectivity index (χ1) is 10.7. The Bertz CT molecular complexity index is 542. The molecule has 2 bridgehead atoms. The molecule has 0 aromatic carbocycles. The zero-order valence-corrected chi connectivity index (χ0v) is 17.8. The number of Topliss-reactive ketones (excluding diaryl/α,β-unsaturated/α-hetero) is 1. The van der Waals surface area contributed by atoms with E-state index in [2.05, 4.69) is 47.7 Å². The van der Waals surface area contributed by atoms with Crippen LogP contribution in [0, 0.1) is 11.3 Å². The maximum absolute atomic E-state index is 12.8. The van der Waals surface area contributed by atoms with Crippen LogP contribution >= 0.6 is 0 Å². The summed E-state index contributed by atoms with van der Waals surface area (Å²) >= 11 is 0. The lowest BCUT2D eigenvalue weighted by Crippen LogP contribution is -2.56. The lowest BCUT2D eigenvalue weighted by Gasteiger charge is -2.48. The summed E-state index contributed by atoms with van der Waals surface area (Å²) in [6.07, 6.45) is 5.27. The summed E-state index contributed by atoms with van der Waals surface area (Å²) in [5.74, 6) is 0.0866. The van der Waals surface area contributed by atoms with Crippen LogP contribution in [-0.2, 0) is 9.22 Å². The van der Waals surface area contributed by atoms with Gasteiger partial charge in [0.2, 0.25) is 0 Å². The van der Waals surface area contributed by atoms with E-state index in [-0.39, 0.29) is 22.8 Å². The van der Waals surface area contributed by atoms with Crippen molar-refractivity contribution in [2.75, 3.05) is 0 Å². The van der Waals surface area contributed by atoms with E-state index in [4.69, 9.17) is 4.43 Å². The van der Waals surface area contributed by atoms with Gasteiger partial charge in [0.25, 0.3) is 0 Å². The second-order valence-electron chi connectivity index (χ2n) is 9.95. The predicted octanol–water partition coefficient (Wildman–Crippen LogP) is 4.85. The van der Waals surface area contributed by atoms with Gasteiger partial charge in [0.1, 0.15) is 5.60 Å². The SMILES string of the molecule is CC1=CC[C@H]2[C@@H](O[Si](C)(C)C(C)(C)C)CCC[C@@](O)(C1=O)C2(C)C. The predicted molar refractivity (Wildman–Crippen MR) is 102 cm³/mol. The molecule has 138 valence electrons. The Labute approximate surface area is 149 Å². The molecule has 0 spiro atoms. The lowest BCUT2D eigenvalue weighted by atomic mass is 9.63. The van der Waals surface area contributed by atoms with Gasteiger partial charge >= 0.3 is 0 Å². The number of rotatable bonds is 2. The van der Waals surface area contributed by atoms with E-state index in [1.54, 1.807) is 0 Å². The van der Waals surface area contributed by atoms with Gasteiger partial charge < -0.3 is 9.53 Å². The van der Waals surface area contributed by atoms with Crippen LogP contribution in [0.1, 0.15) is 67.2 Å². The largest absolute Gasteiger partial charge is 0.414 e. The van der Waals surface area contributed by atoms with Crippen LogP contribution in [-0.4, -0.2) is 30.9 Å². The monoisotopic (exact) mass is 352 g/mol. The Balaban J connectivity index is 2.43. The normalized spacial score (nSPS) is 34.4. The molecule has 3 atom stereocenters. The van der Waals surface area contributed by atoms with Crippen molar-refractivity contribution in [1.29, 1.82) is 0 Å². The molecule has 0 radical (unpaired) electrons. The van der Waals surface area contributed by atoms with Crippen LogP contribution < -0.4 is 0 Å². The summed E-state index contributed by atoms with van der Waals surface area (Å²) < 4.78 is 6.80. The fourth-order valence-electron chi connectivity index (χ4n) is 4.13. The number of allylic oxidation sites excluding steroid dienone is 1. The van der Waals surface area contributed by atoms with E-state index in [0.29, 0.717) is 12.0 Å². The number of carbonyl (C=O) groups is 1. The minimum absolute atomic E-state index is 0.0806. The number of hydrogen-bond acceptors (Lipinski definition) is 3. The first-order valence-electron chi connectivity index (χ1n) is 9.36.